The summed E-state index contributed by atoms with van der Waals surface area (Å²) in [5, 5.41) is 4.41. The summed E-state index contributed by atoms with van der Waals surface area (Å²) in [6.07, 6.45) is 3.40. The van der Waals surface area contributed by atoms with E-state index >= 15 is 0 Å². The van der Waals surface area contributed by atoms with Gasteiger partial charge < -0.3 is 16.0 Å². The first kappa shape index (κ1) is 20.6. The third kappa shape index (κ3) is 4.28. The maximum atomic E-state index is 13.1. The third-order valence-corrected chi connectivity index (χ3v) is 5.75. The summed E-state index contributed by atoms with van der Waals surface area (Å²) in [5.41, 5.74) is 8.71. The molecule has 0 heterocycles. The highest BCUT2D eigenvalue weighted by atomic mass is 79.9. The number of halogens is 1. The number of quaternary nitrogens is 1. The van der Waals surface area contributed by atoms with E-state index in [2.05, 4.69) is 28.3 Å². The lowest BCUT2D eigenvalue weighted by atomic mass is 9.82. The largest absolute Gasteiger partial charge is 0.398 e. The Labute approximate surface area is 174 Å². The summed E-state index contributed by atoms with van der Waals surface area (Å²) >= 11 is 3.46. The number of carbonyl (C=O) groups is 2. The fourth-order valence-electron chi connectivity index (χ4n) is 3.65. The van der Waals surface area contributed by atoms with Gasteiger partial charge in [0.15, 0.2) is 11.6 Å². The van der Waals surface area contributed by atoms with Crippen LogP contribution in [0.2, 0.25) is 0 Å². The highest BCUT2D eigenvalue weighted by Crippen LogP contribution is 2.35. The van der Waals surface area contributed by atoms with Gasteiger partial charge in [-0.15, -0.1) is 0 Å². The minimum atomic E-state index is -0.178. The molecule has 0 fully saturated rings. The Hall–Kier alpha value is -2.18. The van der Waals surface area contributed by atoms with Crippen molar-refractivity contribution in [3.8, 4) is 0 Å². The molecule has 1 unspecified atom stereocenters. The zero-order chi connectivity index (χ0) is 20.1. The lowest BCUT2D eigenvalue weighted by Gasteiger charge is -2.22. The van der Waals surface area contributed by atoms with Gasteiger partial charge in [0.25, 0.3) is 0 Å². The van der Waals surface area contributed by atoms with Crippen LogP contribution in [0.5, 0.6) is 0 Å². The average Bonchev–Trinajstić information content (AvgIpc) is 2.70. The van der Waals surface area contributed by atoms with E-state index < -0.39 is 0 Å². The molecule has 1 aliphatic rings. The van der Waals surface area contributed by atoms with Crippen LogP contribution >= 0.6 is 15.9 Å². The molecule has 0 saturated heterocycles. The summed E-state index contributed by atoms with van der Waals surface area (Å²) in [4.78, 5) is 27.5. The van der Waals surface area contributed by atoms with E-state index in [0.717, 1.165) is 31.4 Å². The van der Waals surface area contributed by atoms with Crippen LogP contribution in [0.25, 0.3) is 0 Å². The number of unbranched alkanes of at least 4 members (excludes halogenated alkanes) is 1. The van der Waals surface area contributed by atoms with Gasteiger partial charge >= 0.3 is 0 Å². The second-order valence-electron chi connectivity index (χ2n) is 7.29. The number of benzene rings is 2. The molecular formula is C22H27BrN3O2+. The molecule has 0 aromatic heterocycles. The van der Waals surface area contributed by atoms with Crippen LogP contribution < -0.4 is 16.0 Å². The van der Waals surface area contributed by atoms with Crippen molar-refractivity contribution in [3.05, 3.63) is 58.7 Å². The predicted octanol–water partition coefficient (Wildman–Crippen LogP) is 2.54. The number of fused-ring (bicyclic) bond motifs is 2. The van der Waals surface area contributed by atoms with Crippen LogP contribution in [-0.4, -0.2) is 43.6 Å². The molecule has 1 aliphatic carbocycles. The molecule has 6 heteroatoms. The molecule has 148 valence electrons. The number of carbonyl (C=O) groups excluding carboxylic acids is 2. The molecule has 2 aromatic carbocycles. The average molecular weight is 445 g/mol. The third-order valence-electron chi connectivity index (χ3n) is 5.19. The quantitative estimate of drug-likeness (QED) is 0.269. The van der Waals surface area contributed by atoms with E-state index in [1.807, 2.05) is 0 Å². The second kappa shape index (κ2) is 9.34. The monoisotopic (exact) mass is 444 g/mol. The van der Waals surface area contributed by atoms with Crippen LogP contribution in [-0.2, 0) is 0 Å². The zero-order valence-electron chi connectivity index (χ0n) is 16.2. The van der Waals surface area contributed by atoms with Gasteiger partial charge in [0.2, 0.25) is 0 Å². The number of hydrogen-bond donors (Lipinski definition) is 3. The standard InChI is InChI=1S/C22H26BrN3O2/c1-26(13-5-4-11-23)14-6-12-25-18-10-9-17(24)19-20(18)22(28)16-8-3-2-7-15(16)21(19)27/h2-3,7-10,25H,4-6,11-14,24H2,1H3/p+1. The SMILES string of the molecule is C[NH+](CCCCBr)CCCNc1ccc(N)c2c1C(=O)c1ccccc1C2=O. The van der Waals surface area contributed by atoms with E-state index in [1.54, 1.807) is 36.4 Å². The molecule has 2 aromatic rings. The summed E-state index contributed by atoms with van der Waals surface area (Å²) in [6.45, 7) is 2.96. The molecule has 4 N–H and O–H groups in total. The van der Waals surface area contributed by atoms with Crippen molar-refractivity contribution in [3.63, 3.8) is 0 Å². The van der Waals surface area contributed by atoms with Gasteiger partial charge in [0.1, 0.15) is 0 Å². The second-order valence-corrected chi connectivity index (χ2v) is 8.08. The molecular weight excluding hydrogens is 418 g/mol. The van der Waals surface area contributed by atoms with Crippen LogP contribution in [0.3, 0.4) is 0 Å². The molecule has 0 saturated carbocycles. The van der Waals surface area contributed by atoms with E-state index in [1.165, 1.54) is 17.7 Å². The van der Waals surface area contributed by atoms with Crippen molar-refractivity contribution < 1.29 is 14.5 Å². The molecule has 1 atom stereocenters. The summed E-state index contributed by atoms with van der Waals surface area (Å²) in [6, 6.07) is 10.5. The number of rotatable bonds is 9. The smallest absolute Gasteiger partial charge is 0.196 e. The fraction of sp³-hybridized carbons (Fsp3) is 0.364. The van der Waals surface area contributed by atoms with Crippen molar-refractivity contribution in [2.75, 3.05) is 43.1 Å². The van der Waals surface area contributed by atoms with Crippen LogP contribution in [0.15, 0.2) is 36.4 Å². The molecule has 28 heavy (non-hydrogen) atoms. The number of anilines is 2. The van der Waals surface area contributed by atoms with Crippen LogP contribution in [0.1, 0.15) is 51.1 Å². The Kier molecular flexibility index (Phi) is 6.86. The Balaban J connectivity index is 1.71. The van der Waals surface area contributed by atoms with E-state index in [9.17, 15) is 9.59 Å². The van der Waals surface area contributed by atoms with Gasteiger partial charge in [-0.2, -0.15) is 0 Å². The molecule has 0 bridgehead atoms. The molecule has 0 amide bonds. The highest BCUT2D eigenvalue weighted by molar-refractivity contribution is 9.09. The van der Waals surface area contributed by atoms with Crippen molar-refractivity contribution in [1.29, 1.82) is 0 Å². The van der Waals surface area contributed by atoms with Crippen LogP contribution in [0.4, 0.5) is 11.4 Å². The lowest BCUT2D eigenvalue weighted by molar-refractivity contribution is -0.879. The Morgan fingerprint density at radius 3 is 2.25 bits per heavy atom. The van der Waals surface area contributed by atoms with Crippen LogP contribution in [0, 0.1) is 0 Å². The molecule has 5 nitrogen and oxygen atoms in total. The van der Waals surface area contributed by atoms with E-state index in [-0.39, 0.29) is 11.6 Å². The first-order chi connectivity index (χ1) is 13.5. The highest BCUT2D eigenvalue weighted by Gasteiger charge is 2.33. The first-order valence-electron chi connectivity index (χ1n) is 9.76. The van der Waals surface area contributed by atoms with Gasteiger partial charge in [-0.3, -0.25) is 9.59 Å². The van der Waals surface area contributed by atoms with E-state index in [4.69, 9.17) is 5.73 Å². The van der Waals surface area contributed by atoms with Gasteiger partial charge in [-0.1, -0.05) is 40.2 Å². The molecule has 0 spiro atoms. The minimum absolute atomic E-state index is 0.141. The Morgan fingerprint density at radius 1 is 0.929 bits per heavy atom. The summed E-state index contributed by atoms with van der Waals surface area (Å²) in [7, 11) is 2.21. The van der Waals surface area contributed by atoms with Gasteiger partial charge in [-0.25, -0.2) is 0 Å². The lowest BCUT2D eigenvalue weighted by Crippen LogP contribution is -3.09. The number of hydrogen-bond acceptors (Lipinski definition) is 4. The fourth-order valence-corrected chi connectivity index (χ4v) is 4.05. The number of nitrogen functional groups attached to an aromatic ring is 1. The van der Waals surface area contributed by atoms with E-state index in [0.29, 0.717) is 33.6 Å². The first-order valence-corrected chi connectivity index (χ1v) is 10.9. The normalized spacial score (nSPS) is 13.8. The van der Waals surface area contributed by atoms with Gasteiger partial charge in [0.05, 0.1) is 31.3 Å². The zero-order valence-corrected chi connectivity index (χ0v) is 17.8. The van der Waals surface area contributed by atoms with Crippen molar-refractivity contribution >= 4 is 38.9 Å². The molecule has 0 radical (unpaired) electrons. The molecule has 3 rings (SSSR count). The Bertz CT molecular complexity index is 882. The van der Waals surface area contributed by atoms with Crippen molar-refractivity contribution in [2.24, 2.45) is 0 Å². The minimum Gasteiger partial charge on any atom is -0.398 e. The van der Waals surface area contributed by atoms with Crippen molar-refractivity contribution in [2.45, 2.75) is 19.3 Å². The van der Waals surface area contributed by atoms with Gasteiger partial charge in [0, 0.05) is 40.8 Å². The number of nitrogens with one attached hydrogen (secondary N) is 2. The maximum Gasteiger partial charge on any atom is 0.196 e. The maximum absolute atomic E-state index is 13.1. The topological polar surface area (TPSA) is 76.6 Å². The van der Waals surface area contributed by atoms with Gasteiger partial charge in [-0.05, 0) is 25.0 Å². The number of nitrogens with two attached hydrogens (primary N) is 1. The predicted molar refractivity (Wildman–Crippen MR) is 117 cm³/mol. The number of ketones is 2. The molecule has 0 aliphatic heterocycles. The summed E-state index contributed by atoms with van der Waals surface area (Å²) < 4.78 is 0. The summed E-state index contributed by atoms with van der Waals surface area (Å²) in [5.74, 6) is -0.320. The number of alkyl halides is 1. The Morgan fingerprint density at radius 2 is 1.57 bits per heavy atom. The van der Waals surface area contributed by atoms with Crippen molar-refractivity contribution in [1.82, 2.24) is 0 Å².